The van der Waals surface area contributed by atoms with Crippen molar-refractivity contribution >= 4 is 0 Å². The van der Waals surface area contributed by atoms with Crippen LogP contribution >= 0.6 is 0 Å². The van der Waals surface area contributed by atoms with Gasteiger partial charge in [0.2, 0.25) is 5.79 Å². The predicted molar refractivity (Wildman–Crippen MR) is 54.0 cm³/mol. The maximum absolute atomic E-state index is 9.60. The molecule has 0 atom stereocenters. The lowest BCUT2D eigenvalue weighted by atomic mass is 9.90. The lowest BCUT2D eigenvalue weighted by Gasteiger charge is -2.41. The van der Waals surface area contributed by atoms with Crippen LogP contribution in [0.15, 0.2) is 30.3 Å². The molecule has 0 aliphatic carbocycles. The zero-order chi connectivity index (χ0) is 13.3. The summed E-state index contributed by atoms with van der Waals surface area (Å²) in [6, 6.07) is 6.56. The molecule has 0 bridgehead atoms. The van der Waals surface area contributed by atoms with Crippen molar-refractivity contribution < 1.29 is 35.7 Å². The molecule has 0 heterocycles. The molecular formula is C10H14O7. The van der Waals surface area contributed by atoms with E-state index in [2.05, 4.69) is 0 Å². The van der Waals surface area contributed by atoms with Crippen LogP contribution in [0.2, 0.25) is 0 Å². The van der Waals surface area contributed by atoms with Gasteiger partial charge < -0.3 is 35.7 Å². The summed E-state index contributed by atoms with van der Waals surface area (Å²) in [5.74, 6) is -10.7. The van der Waals surface area contributed by atoms with Crippen LogP contribution < -0.4 is 0 Å². The first kappa shape index (κ1) is 14.0. The average Bonchev–Trinajstić information content (AvgIpc) is 2.29. The Bertz CT molecular complexity index is 372. The lowest BCUT2D eigenvalue weighted by Crippen LogP contribution is -2.68. The van der Waals surface area contributed by atoms with Crippen molar-refractivity contribution in [3.05, 3.63) is 35.9 Å². The number of aliphatic hydroxyl groups excluding tert-OH is 1. The van der Waals surface area contributed by atoms with Crippen LogP contribution in [0.25, 0.3) is 0 Å². The highest BCUT2D eigenvalue weighted by atomic mass is 16.7. The van der Waals surface area contributed by atoms with Crippen molar-refractivity contribution in [1.82, 2.24) is 0 Å². The maximum Gasteiger partial charge on any atom is 0.281 e. The fourth-order valence-corrected chi connectivity index (χ4v) is 1.26. The summed E-state index contributed by atoms with van der Waals surface area (Å²) in [5.41, 5.74) is -0.383. The summed E-state index contributed by atoms with van der Waals surface area (Å²) in [6.07, 6.45) is 0. The van der Waals surface area contributed by atoms with Gasteiger partial charge in [-0.2, -0.15) is 0 Å². The predicted octanol–water partition coefficient (Wildman–Crippen LogP) is -2.82. The third-order valence-corrected chi connectivity index (χ3v) is 2.44. The van der Waals surface area contributed by atoms with Crippen LogP contribution in [0.5, 0.6) is 0 Å². The molecule has 0 unspecified atom stereocenters. The minimum absolute atomic E-state index is 0.383. The lowest BCUT2D eigenvalue weighted by molar-refractivity contribution is -0.462. The molecule has 7 heteroatoms. The number of hydrogen-bond donors (Lipinski definition) is 7. The van der Waals surface area contributed by atoms with Gasteiger partial charge in [0.25, 0.3) is 11.6 Å². The quantitative estimate of drug-likeness (QED) is 0.284. The fourth-order valence-electron chi connectivity index (χ4n) is 1.26. The molecule has 1 aromatic carbocycles. The van der Waals surface area contributed by atoms with E-state index in [0.29, 0.717) is 0 Å². The van der Waals surface area contributed by atoms with Crippen molar-refractivity contribution in [1.29, 1.82) is 0 Å². The summed E-state index contributed by atoms with van der Waals surface area (Å²) < 4.78 is 0. The highest BCUT2D eigenvalue weighted by Crippen LogP contribution is 2.35. The van der Waals surface area contributed by atoms with Crippen LogP contribution in [-0.4, -0.2) is 53.9 Å². The zero-order valence-corrected chi connectivity index (χ0v) is 8.72. The van der Waals surface area contributed by atoms with E-state index in [1.54, 1.807) is 0 Å². The minimum atomic E-state index is -3.78. The Morgan fingerprint density at radius 3 is 1.71 bits per heavy atom. The van der Waals surface area contributed by atoms with Gasteiger partial charge in [-0.15, -0.1) is 0 Å². The Morgan fingerprint density at radius 1 is 0.824 bits per heavy atom. The van der Waals surface area contributed by atoms with Crippen LogP contribution in [0.4, 0.5) is 0 Å². The van der Waals surface area contributed by atoms with Gasteiger partial charge in [-0.1, -0.05) is 30.3 Å². The Kier molecular flexibility index (Phi) is 3.55. The summed E-state index contributed by atoms with van der Waals surface area (Å²) in [6.45, 7) is -1.50. The molecule has 0 fully saturated rings. The molecule has 0 saturated carbocycles. The average molecular weight is 246 g/mol. The van der Waals surface area contributed by atoms with E-state index < -0.39 is 24.0 Å². The largest absolute Gasteiger partial charge is 0.391 e. The van der Waals surface area contributed by atoms with Gasteiger partial charge in [0.05, 0.1) is 0 Å². The highest BCUT2D eigenvalue weighted by Gasteiger charge is 2.62. The Hall–Kier alpha value is -1.06. The Labute approximate surface area is 96.5 Å². The van der Waals surface area contributed by atoms with E-state index >= 15 is 0 Å². The van der Waals surface area contributed by atoms with E-state index in [0.717, 1.165) is 12.1 Å². The van der Waals surface area contributed by atoms with Gasteiger partial charge >= 0.3 is 0 Å². The second-order valence-corrected chi connectivity index (χ2v) is 3.69. The molecule has 0 saturated heterocycles. The monoisotopic (exact) mass is 246 g/mol. The summed E-state index contributed by atoms with van der Waals surface area (Å²) >= 11 is 0. The van der Waals surface area contributed by atoms with Crippen LogP contribution in [0, 0.1) is 0 Å². The van der Waals surface area contributed by atoms with E-state index in [1.807, 2.05) is 0 Å². The Balaban J connectivity index is 3.22. The van der Waals surface area contributed by atoms with Crippen molar-refractivity contribution in [3.8, 4) is 0 Å². The SMILES string of the molecule is OCC(O)(O)C(O)(O)C(O)(O)c1ccccc1. The van der Waals surface area contributed by atoms with E-state index in [4.69, 9.17) is 15.3 Å². The normalized spacial score (nSPS) is 13.8. The second kappa shape index (κ2) is 4.31. The molecular weight excluding hydrogens is 232 g/mol. The maximum atomic E-state index is 9.60. The summed E-state index contributed by atoms with van der Waals surface area (Å²) in [7, 11) is 0. The fraction of sp³-hybridized carbons (Fsp3) is 0.400. The van der Waals surface area contributed by atoms with Crippen molar-refractivity contribution in [3.63, 3.8) is 0 Å². The zero-order valence-electron chi connectivity index (χ0n) is 8.72. The van der Waals surface area contributed by atoms with Gasteiger partial charge in [0, 0.05) is 5.56 Å². The first-order valence-corrected chi connectivity index (χ1v) is 4.67. The molecule has 0 amide bonds. The van der Waals surface area contributed by atoms with E-state index in [9.17, 15) is 20.4 Å². The van der Waals surface area contributed by atoms with Gasteiger partial charge in [-0.05, 0) is 0 Å². The number of aliphatic hydroxyl groups is 7. The standard InChI is InChI=1S/C10H14O7/c11-6-8(12,13)10(16,17)9(14,15)7-4-2-1-3-5-7/h1-5,11-17H,6H2. The molecule has 1 aromatic rings. The molecule has 0 aliphatic rings. The number of hydrogen-bond acceptors (Lipinski definition) is 7. The molecule has 0 aliphatic heterocycles. The molecule has 0 aromatic heterocycles. The molecule has 96 valence electrons. The molecule has 0 radical (unpaired) electrons. The van der Waals surface area contributed by atoms with E-state index in [-0.39, 0.29) is 5.56 Å². The molecule has 7 nitrogen and oxygen atoms in total. The van der Waals surface area contributed by atoms with Crippen molar-refractivity contribution in [2.24, 2.45) is 0 Å². The first-order chi connectivity index (χ1) is 7.67. The van der Waals surface area contributed by atoms with Crippen LogP contribution in [-0.2, 0) is 5.79 Å². The van der Waals surface area contributed by atoms with Gasteiger partial charge in [-0.25, -0.2) is 0 Å². The van der Waals surface area contributed by atoms with Gasteiger partial charge in [0.15, 0.2) is 0 Å². The number of benzene rings is 1. The number of rotatable bonds is 4. The summed E-state index contributed by atoms with van der Waals surface area (Å²) in [4.78, 5) is 0. The third-order valence-electron chi connectivity index (χ3n) is 2.44. The van der Waals surface area contributed by atoms with Crippen molar-refractivity contribution in [2.75, 3.05) is 6.61 Å². The van der Waals surface area contributed by atoms with Crippen molar-refractivity contribution in [2.45, 2.75) is 17.4 Å². The Morgan fingerprint density at radius 2 is 1.29 bits per heavy atom. The minimum Gasteiger partial charge on any atom is -0.391 e. The molecule has 1 rings (SSSR count). The second-order valence-electron chi connectivity index (χ2n) is 3.69. The van der Waals surface area contributed by atoms with E-state index in [1.165, 1.54) is 18.2 Å². The highest BCUT2D eigenvalue weighted by molar-refractivity contribution is 5.23. The van der Waals surface area contributed by atoms with Gasteiger partial charge in [0.1, 0.15) is 6.61 Å². The summed E-state index contributed by atoms with van der Waals surface area (Å²) in [5, 5.41) is 64.9. The smallest absolute Gasteiger partial charge is 0.281 e. The molecule has 0 spiro atoms. The van der Waals surface area contributed by atoms with Crippen LogP contribution in [0.1, 0.15) is 5.56 Å². The molecule has 7 N–H and O–H groups in total. The first-order valence-electron chi connectivity index (χ1n) is 4.67. The topological polar surface area (TPSA) is 142 Å². The third kappa shape index (κ3) is 2.17. The van der Waals surface area contributed by atoms with Crippen LogP contribution in [0.3, 0.4) is 0 Å². The molecule has 17 heavy (non-hydrogen) atoms. The van der Waals surface area contributed by atoms with Gasteiger partial charge in [-0.3, -0.25) is 0 Å².